The molecule has 0 fully saturated rings. The van der Waals surface area contributed by atoms with Crippen molar-refractivity contribution in [2.45, 2.75) is 0 Å². The van der Waals surface area contributed by atoms with Gasteiger partial charge in [0, 0.05) is 25.5 Å². The van der Waals surface area contributed by atoms with Gasteiger partial charge in [0.1, 0.15) is 5.75 Å². The maximum Gasteiger partial charge on any atom is 0.415 e. The number of likely N-dealkylation sites (N-methyl/N-ethyl adjacent to an activating group) is 1. The van der Waals surface area contributed by atoms with E-state index in [0.29, 0.717) is 18.8 Å². The second-order valence-electron chi connectivity index (χ2n) is 4.06. The molecular weight excluding hydrogens is 228 g/mol. The Hall–Kier alpha value is -2.07. The van der Waals surface area contributed by atoms with Gasteiger partial charge in [0.15, 0.2) is 0 Å². The number of nitrogens with zero attached hydrogens (tertiary/aromatic N) is 1. The third-order valence-electron chi connectivity index (χ3n) is 2.72. The summed E-state index contributed by atoms with van der Waals surface area (Å²) in [5, 5.41) is 1.97. The molecule has 2 rings (SSSR count). The molecular formula is C14H16N2O2. The number of amides is 1. The number of carbonyl (C=O) groups excluding carboxylic acids is 1. The average molecular weight is 244 g/mol. The Morgan fingerprint density at radius 1 is 1.22 bits per heavy atom. The van der Waals surface area contributed by atoms with E-state index >= 15 is 0 Å². The van der Waals surface area contributed by atoms with Crippen molar-refractivity contribution in [3.63, 3.8) is 0 Å². The van der Waals surface area contributed by atoms with Crippen LogP contribution in [0.4, 0.5) is 4.79 Å². The molecule has 0 unspecified atom stereocenters. The first kappa shape index (κ1) is 12.4. The molecule has 0 aromatic heterocycles. The van der Waals surface area contributed by atoms with Gasteiger partial charge >= 0.3 is 6.09 Å². The molecule has 94 valence electrons. The standard InChI is InChI=1S/C14H16N2O2/c1-16(10-9-15)14(17)18-13-8-4-6-11-5-2-3-7-12(11)13/h2-8H,9-10,15H2,1H3. The van der Waals surface area contributed by atoms with E-state index in [1.165, 1.54) is 4.90 Å². The lowest BCUT2D eigenvalue weighted by atomic mass is 10.1. The minimum atomic E-state index is -0.392. The Labute approximate surface area is 106 Å². The molecule has 0 saturated carbocycles. The Morgan fingerprint density at radius 3 is 2.72 bits per heavy atom. The molecule has 0 radical (unpaired) electrons. The Bertz CT molecular complexity index is 549. The zero-order valence-corrected chi connectivity index (χ0v) is 10.3. The van der Waals surface area contributed by atoms with Gasteiger partial charge in [-0.1, -0.05) is 36.4 Å². The van der Waals surface area contributed by atoms with Crippen LogP contribution in [-0.4, -0.2) is 31.1 Å². The molecule has 0 saturated heterocycles. The lowest BCUT2D eigenvalue weighted by Gasteiger charge is -2.16. The van der Waals surface area contributed by atoms with Gasteiger partial charge < -0.3 is 15.4 Å². The highest BCUT2D eigenvalue weighted by Gasteiger charge is 2.11. The zero-order valence-electron chi connectivity index (χ0n) is 10.3. The topological polar surface area (TPSA) is 55.6 Å². The number of carbonyl (C=O) groups is 1. The van der Waals surface area contributed by atoms with E-state index < -0.39 is 6.09 Å². The molecule has 0 atom stereocenters. The van der Waals surface area contributed by atoms with Crippen LogP contribution < -0.4 is 10.5 Å². The van der Waals surface area contributed by atoms with Crippen LogP contribution in [0, 0.1) is 0 Å². The molecule has 0 aliphatic rings. The molecule has 4 heteroatoms. The van der Waals surface area contributed by atoms with Crippen molar-refractivity contribution >= 4 is 16.9 Å². The van der Waals surface area contributed by atoms with Crippen LogP contribution >= 0.6 is 0 Å². The van der Waals surface area contributed by atoms with E-state index in [9.17, 15) is 4.79 Å². The van der Waals surface area contributed by atoms with Crippen molar-refractivity contribution in [1.29, 1.82) is 0 Å². The van der Waals surface area contributed by atoms with Gasteiger partial charge in [0.25, 0.3) is 0 Å². The number of rotatable bonds is 3. The summed E-state index contributed by atoms with van der Waals surface area (Å²) in [5.41, 5.74) is 5.40. The quantitative estimate of drug-likeness (QED) is 0.900. The normalized spacial score (nSPS) is 10.3. The maximum atomic E-state index is 11.8. The Morgan fingerprint density at radius 2 is 1.94 bits per heavy atom. The fraction of sp³-hybridized carbons (Fsp3) is 0.214. The van der Waals surface area contributed by atoms with E-state index in [0.717, 1.165) is 10.8 Å². The molecule has 2 aromatic rings. The average Bonchev–Trinajstić information content (AvgIpc) is 2.39. The highest BCUT2D eigenvalue weighted by Crippen LogP contribution is 2.25. The number of benzene rings is 2. The highest BCUT2D eigenvalue weighted by molar-refractivity contribution is 5.90. The van der Waals surface area contributed by atoms with Gasteiger partial charge in [0.05, 0.1) is 0 Å². The summed E-state index contributed by atoms with van der Waals surface area (Å²) in [5.74, 6) is 0.571. The van der Waals surface area contributed by atoms with Crippen LogP contribution in [0.5, 0.6) is 5.75 Å². The minimum absolute atomic E-state index is 0.392. The number of hydrogen-bond donors (Lipinski definition) is 1. The molecule has 0 aliphatic carbocycles. The van der Waals surface area contributed by atoms with Crippen molar-refractivity contribution in [3.05, 3.63) is 42.5 Å². The Kier molecular flexibility index (Phi) is 3.79. The molecule has 18 heavy (non-hydrogen) atoms. The summed E-state index contributed by atoms with van der Waals surface area (Å²) in [4.78, 5) is 13.3. The van der Waals surface area contributed by atoms with Crippen molar-refractivity contribution < 1.29 is 9.53 Å². The van der Waals surface area contributed by atoms with Crippen LogP contribution in [0.1, 0.15) is 0 Å². The summed E-state index contributed by atoms with van der Waals surface area (Å²) in [6.45, 7) is 0.894. The molecule has 2 N–H and O–H groups in total. The van der Waals surface area contributed by atoms with E-state index in [-0.39, 0.29) is 0 Å². The first-order valence-corrected chi connectivity index (χ1v) is 5.83. The predicted octanol–water partition coefficient (Wildman–Crippen LogP) is 2.23. The second kappa shape index (κ2) is 5.51. The smallest absolute Gasteiger partial charge is 0.410 e. The third-order valence-corrected chi connectivity index (χ3v) is 2.72. The molecule has 1 amide bonds. The van der Waals surface area contributed by atoms with E-state index in [4.69, 9.17) is 10.5 Å². The minimum Gasteiger partial charge on any atom is -0.410 e. The van der Waals surface area contributed by atoms with Crippen LogP contribution in [0.3, 0.4) is 0 Å². The van der Waals surface area contributed by atoms with Crippen LogP contribution in [-0.2, 0) is 0 Å². The van der Waals surface area contributed by atoms with Crippen molar-refractivity contribution in [2.24, 2.45) is 5.73 Å². The first-order chi connectivity index (χ1) is 8.72. The monoisotopic (exact) mass is 244 g/mol. The Balaban J connectivity index is 2.24. The fourth-order valence-electron chi connectivity index (χ4n) is 1.74. The molecule has 2 aromatic carbocycles. The zero-order chi connectivity index (χ0) is 13.0. The molecule has 0 spiro atoms. The molecule has 0 heterocycles. The van der Waals surface area contributed by atoms with Gasteiger partial charge in [-0.05, 0) is 11.5 Å². The highest BCUT2D eigenvalue weighted by atomic mass is 16.6. The second-order valence-corrected chi connectivity index (χ2v) is 4.06. The van der Waals surface area contributed by atoms with E-state index in [2.05, 4.69) is 0 Å². The predicted molar refractivity (Wildman–Crippen MR) is 71.7 cm³/mol. The number of fused-ring (bicyclic) bond motifs is 1. The van der Waals surface area contributed by atoms with Crippen molar-refractivity contribution in [3.8, 4) is 5.75 Å². The number of nitrogens with two attached hydrogens (primary N) is 1. The van der Waals surface area contributed by atoms with Crippen LogP contribution in [0.2, 0.25) is 0 Å². The fourth-order valence-corrected chi connectivity index (χ4v) is 1.74. The molecule has 0 bridgehead atoms. The van der Waals surface area contributed by atoms with Crippen molar-refractivity contribution in [2.75, 3.05) is 20.1 Å². The lowest BCUT2D eigenvalue weighted by molar-refractivity contribution is 0.165. The van der Waals surface area contributed by atoms with Crippen LogP contribution in [0.15, 0.2) is 42.5 Å². The largest absolute Gasteiger partial charge is 0.415 e. The van der Waals surface area contributed by atoms with Gasteiger partial charge in [-0.2, -0.15) is 0 Å². The number of hydrogen-bond acceptors (Lipinski definition) is 3. The van der Waals surface area contributed by atoms with Gasteiger partial charge in [-0.3, -0.25) is 0 Å². The number of ether oxygens (including phenoxy) is 1. The van der Waals surface area contributed by atoms with E-state index in [1.807, 2.05) is 36.4 Å². The van der Waals surface area contributed by atoms with Gasteiger partial charge in [0.2, 0.25) is 0 Å². The SMILES string of the molecule is CN(CCN)C(=O)Oc1cccc2ccccc12. The van der Waals surface area contributed by atoms with Gasteiger partial charge in [-0.25, -0.2) is 4.79 Å². The molecule has 4 nitrogen and oxygen atoms in total. The maximum absolute atomic E-state index is 11.8. The van der Waals surface area contributed by atoms with Crippen LogP contribution in [0.25, 0.3) is 10.8 Å². The van der Waals surface area contributed by atoms with Crippen molar-refractivity contribution in [1.82, 2.24) is 4.90 Å². The summed E-state index contributed by atoms with van der Waals surface area (Å²) in [7, 11) is 1.67. The first-order valence-electron chi connectivity index (χ1n) is 5.83. The molecule has 0 aliphatic heterocycles. The summed E-state index contributed by atoms with van der Waals surface area (Å²) >= 11 is 0. The summed E-state index contributed by atoms with van der Waals surface area (Å²) in [6, 6.07) is 13.4. The van der Waals surface area contributed by atoms with Gasteiger partial charge in [-0.15, -0.1) is 0 Å². The summed E-state index contributed by atoms with van der Waals surface area (Å²) < 4.78 is 5.37. The summed E-state index contributed by atoms with van der Waals surface area (Å²) in [6.07, 6.45) is -0.392. The van der Waals surface area contributed by atoms with E-state index in [1.54, 1.807) is 13.1 Å². The third kappa shape index (κ3) is 2.60. The lowest BCUT2D eigenvalue weighted by Crippen LogP contribution is -2.33.